The van der Waals surface area contributed by atoms with Gasteiger partial charge in [-0.05, 0) is 65.9 Å². The van der Waals surface area contributed by atoms with Gasteiger partial charge in [0.1, 0.15) is 15.6 Å². The molecule has 1 atom stereocenters. The summed E-state index contributed by atoms with van der Waals surface area (Å²) in [6, 6.07) is 0. The van der Waals surface area contributed by atoms with Gasteiger partial charge in [0.25, 0.3) is 5.92 Å². The van der Waals surface area contributed by atoms with Crippen molar-refractivity contribution in [3.63, 3.8) is 0 Å². The first-order valence-corrected chi connectivity index (χ1v) is 15.6. The quantitative estimate of drug-likeness (QED) is 0.289. The first-order valence-electron chi connectivity index (χ1n) is 11.7. The number of piperidine rings is 1. The maximum Gasteiger partial charge on any atom is 0.250 e. The molecule has 1 aromatic rings. The predicted molar refractivity (Wildman–Crippen MR) is 131 cm³/mol. The van der Waals surface area contributed by atoms with Crippen LogP contribution in [0.5, 0.6) is 0 Å². The first kappa shape index (κ1) is 24.1. The Morgan fingerprint density at radius 2 is 1.65 bits per heavy atom. The molecule has 4 aliphatic rings. The molecule has 1 unspecified atom stereocenters. The Morgan fingerprint density at radius 1 is 1.10 bits per heavy atom. The molecule has 8 heteroatoms. The molecule has 1 saturated heterocycles. The molecule has 176 valence electrons. The summed E-state index contributed by atoms with van der Waals surface area (Å²) in [6.07, 6.45) is 5.33. The number of imidazole rings is 1. The molecule has 0 spiro atoms. The van der Waals surface area contributed by atoms with Gasteiger partial charge in [0.05, 0.1) is 5.54 Å². The molecule has 3 aliphatic carbocycles. The standard InChI is InChI=1S/C23H38F2IN3OSi/c1-16(2)18(30-31(6,7)20(3,4)5)19-27-17(26)12-29(19)22-13-21(14-22,15-22)28-10-8-23(24,25)9-11-28/h12,16,18H,8-11,13-15H2,1-7H3. The van der Waals surface area contributed by atoms with Gasteiger partial charge >= 0.3 is 0 Å². The second-order valence-corrected chi connectivity index (χ2v) is 18.0. The van der Waals surface area contributed by atoms with Crippen LogP contribution in [0, 0.1) is 9.62 Å². The highest BCUT2D eigenvalue weighted by Gasteiger charge is 2.72. The fourth-order valence-electron chi connectivity index (χ4n) is 5.51. The Labute approximate surface area is 200 Å². The van der Waals surface area contributed by atoms with Crippen LogP contribution in [-0.2, 0) is 9.96 Å². The van der Waals surface area contributed by atoms with Gasteiger partial charge in [-0.25, -0.2) is 13.8 Å². The van der Waals surface area contributed by atoms with Crippen molar-refractivity contribution in [2.75, 3.05) is 13.1 Å². The lowest BCUT2D eigenvalue weighted by molar-refractivity contribution is -0.224. The third-order valence-corrected chi connectivity index (χ3v) is 13.4. The summed E-state index contributed by atoms with van der Waals surface area (Å²) in [5, 5.41) is 0.140. The summed E-state index contributed by atoms with van der Waals surface area (Å²) >= 11 is 2.31. The van der Waals surface area contributed by atoms with E-state index in [1.165, 1.54) is 0 Å². The van der Waals surface area contributed by atoms with Gasteiger partial charge in [-0.2, -0.15) is 0 Å². The minimum Gasteiger partial charge on any atom is -0.406 e. The Hall–Kier alpha value is -0.0631. The number of alkyl halides is 2. The summed E-state index contributed by atoms with van der Waals surface area (Å²) < 4.78 is 37.6. The fraction of sp³-hybridized carbons (Fsp3) is 0.870. The van der Waals surface area contributed by atoms with E-state index in [9.17, 15) is 8.78 Å². The third-order valence-electron chi connectivity index (χ3n) is 8.44. The average molecular weight is 566 g/mol. The van der Waals surface area contributed by atoms with E-state index in [1.807, 2.05) is 0 Å². The van der Waals surface area contributed by atoms with Crippen LogP contribution in [0.1, 0.15) is 78.7 Å². The van der Waals surface area contributed by atoms with Gasteiger partial charge < -0.3 is 8.99 Å². The summed E-state index contributed by atoms with van der Waals surface area (Å²) in [5.41, 5.74) is 0.229. The van der Waals surface area contributed by atoms with Crippen molar-refractivity contribution in [1.82, 2.24) is 14.5 Å². The number of hydrogen-bond donors (Lipinski definition) is 0. The van der Waals surface area contributed by atoms with Crippen LogP contribution in [0.4, 0.5) is 8.78 Å². The maximum absolute atomic E-state index is 13.6. The number of hydrogen-bond acceptors (Lipinski definition) is 3. The van der Waals surface area contributed by atoms with Gasteiger partial charge in [-0.3, -0.25) is 4.90 Å². The molecule has 31 heavy (non-hydrogen) atoms. The summed E-state index contributed by atoms with van der Waals surface area (Å²) in [4.78, 5) is 7.31. The zero-order valence-corrected chi connectivity index (χ0v) is 23.2. The molecular weight excluding hydrogens is 527 g/mol. The van der Waals surface area contributed by atoms with Gasteiger partial charge in [-0.15, -0.1) is 0 Å². The zero-order chi connectivity index (χ0) is 23.0. The van der Waals surface area contributed by atoms with Crippen LogP contribution in [0.25, 0.3) is 0 Å². The highest BCUT2D eigenvalue weighted by Crippen LogP contribution is 2.69. The normalized spacial score (nSPS) is 32.0. The molecule has 0 radical (unpaired) electrons. The van der Waals surface area contributed by atoms with Crippen LogP contribution in [0.3, 0.4) is 0 Å². The van der Waals surface area contributed by atoms with Gasteiger partial charge in [-0.1, -0.05) is 34.6 Å². The average Bonchev–Trinajstić information content (AvgIpc) is 2.91. The molecule has 4 fully saturated rings. The zero-order valence-electron chi connectivity index (χ0n) is 20.1. The van der Waals surface area contributed by atoms with Crippen molar-refractivity contribution in [3.8, 4) is 0 Å². The topological polar surface area (TPSA) is 30.3 Å². The number of rotatable bonds is 6. The van der Waals surface area contributed by atoms with Crippen LogP contribution < -0.4 is 0 Å². The Bertz CT molecular complexity index is 819. The monoisotopic (exact) mass is 565 g/mol. The smallest absolute Gasteiger partial charge is 0.250 e. The van der Waals surface area contributed by atoms with Crippen molar-refractivity contribution < 1.29 is 13.2 Å². The molecule has 1 aromatic heterocycles. The molecular formula is C23H38F2IN3OSi. The number of aromatic nitrogens is 2. The van der Waals surface area contributed by atoms with Gasteiger partial charge in [0, 0.05) is 37.7 Å². The molecule has 0 aromatic carbocycles. The lowest BCUT2D eigenvalue weighted by Crippen LogP contribution is -2.79. The lowest BCUT2D eigenvalue weighted by atomic mass is 9.43. The SMILES string of the molecule is CC(C)C(O[Si](C)(C)C(C)(C)C)c1nc(I)cn1C12CC(N3CCC(F)(F)CC3)(C1)C2. The molecule has 1 aliphatic heterocycles. The van der Waals surface area contributed by atoms with E-state index < -0.39 is 14.2 Å². The third kappa shape index (κ3) is 4.05. The van der Waals surface area contributed by atoms with E-state index in [4.69, 9.17) is 9.41 Å². The van der Waals surface area contributed by atoms with Crippen molar-refractivity contribution in [1.29, 1.82) is 0 Å². The van der Waals surface area contributed by atoms with E-state index >= 15 is 0 Å². The van der Waals surface area contributed by atoms with Crippen molar-refractivity contribution in [2.45, 2.75) is 108 Å². The summed E-state index contributed by atoms with van der Waals surface area (Å²) in [7, 11) is -1.96. The van der Waals surface area contributed by atoms with E-state index in [0.717, 1.165) is 28.8 Å². The minimum absolute atomic E-state index is 0.00571. The van der Waals surface area contributed by atoms with Gasteiger partial charge in [0.15, 0.2) is 8.32 Å². The van der Waals surface area contributed by atoms with Crippen molar-refractivity contribution in [3.05, 3.63) is 15.7 Å². The van der Waals surface area contributed by atoms with Gasteiger partial charge in [0.2, 0.25) is 0 Å². The Balaban J connectivity index is 1.54. The van der Waals surface area contributed by atoms with Crippen LogP contribution >= 0.6 is 22.6 Å². The molecule has 2 heterocycles. The summed E-state index contributed by atoms with van der Waals surface area (Å²) in [5.74, 6) is -1.09. The fourth-order valence-corrected chi connectivity index (χ4v) is 7.40. The van der Waals surface area contributed by atoms with Crippen molar-refractivity contribution in [2.24, 2.45) is 5.92 Å². The van der Waals surface area contributed by atoms with Crippen LogP contribution in [-0.4, -0.2) is 47.3 Å². The molecule has 5 rings (SSSR count). The first-order chi connectivity index (χ1) is 14.1. The number of likely N-dealkylation sites (tertiary alicyclic amines) is 1. The second kappa shape index (κ2) is 7.47. The molecule has 0 amide bonds. The Morgan fingerprint density at radius 3 is 2.13 bits per heavy atom. The largest absolute Gasteiger partial charge is 0.406 e. The predicted octanol–water partition coefficient (Wildman–Crippen LogP) is 6.57. The van der Waals surface area contributed by atoms with E-state index in [0.29, 0.717) is 19.0 Å². The maximum atomic E-state index is 13.6. The second-order valence-electron chi connectivity index (χ2n) is 12.2. The highest BCUT2D eigenvalue weighted by molar-refractivity contribution is 14.1. The Kier molecular flexibility index (Phi) is 5.80. The molecule has 0 N–H and O–H groups in total. The van der Waals surface area contributed by atoms with E-state index in [1.54, 1.807) is 0 Å². The molecule has 4 nitrogen and oxygen atoms in total. The van der Waals surface area contributed by atoms with Crippen LogP contribution in [0.15, 0.2) is 6.20 Å². The van der Waals surface area contributed by atoms with Crippen LogP contribution in [0.2, 0.25) is 18.1 Å². The van der Waals surface area contributed by atoms with E-state index in [2.05, 4.69) is 86.0 Å². The summed E-state index contributed by atoms with van der Waals surface area (Å²) in [6.45, 7) is 17.0. The lowest BCUT2D eigenvalue weighted by Gasteiger charge is -2.75. The van der Waals surface area contributed by atoms with Crippen molar-refractivity contribution >= 4 is 30.9 Å². The molecule has 3 saturated carbocycles. The number of halogens is 3. The highest BCUT2D eigenvalue weighted by atomic mass is 127. The van der Waals surface area contributed by atoms with E-state index in [-0.39, 0.29) is 35.1 Å². The number of nitrogens with zero attached hydrogens (tertiary/aromatic N) is 3. The molecule has 2 bridgehead atoms. The minimum atomic E-state index is -2.48.